The summed E-state index contributed by atoms with van der Waals surface area (Å²) in [5, 5.41) is 10.5. The number of imidazole rings is 1. The number of pyridine rings is 1. The second kappa shape index (κ2) is 18.6. The van der Waals surface area contributed by atoms with E-state index in [0.717, 1.165) is 72.0 Å². The number of anilines is 2. The van der Waals surface area contributed by atoms with Crippen molar-refractivity contribution in [1.82, 2.24) is 43.7 Å². The van der Waals surface area contributed by atoms with Gasteiger partial charge in [0, 0.05) is 107 Å². The molecule has 2 atom stereocenters. The lowest BCUT2D eigenvalue weighted by Gasteiger charge is -2.37. The number of aromatic nitrogens is 5. The maximum Gasteiger partial charge on any atom is 0.418 e. The van der Waals surface area contributed by atoms with Crippen molar-refractivity contribution >= 4 is 40.5 Å². The van der Waals surface area contributed by atoms with E-state index in [9.17, 15) is 37.1 Å². The average molecular weight is 958 g/mol. The first-order chi connectivity index (χ1) is 33.6. The SMILES string of the molecule is C[C@H](c1cccc(-n2cc3c(C(F)(F)F)cc(CN4CCC(CN(C)C(=O)c5ccc(N6CCN(c7ccc8c(c7)CN([C@H]7CCC(=O)NC7=O)C8=O)CC6)cc5)CC4)cn3c2=O)c1)c1nncn1C. The third-order valence-corrected chi connectivity index (χ3v) is 14.5. The molecule has 364 valence electrons. The van der Waals surface area contributed by atoms with E-state index in [1.54, 1.807) is 45.9 Å². The quantitative estimate of drug-likeness (QED) is 0.166. The van der Waals surface area contributed by atoms with Gasteiger partial charge in [0.05, 0.1) is 16.8 Å². The van der Waals surface area contributed by atoms with Crippen molar-refractivity contribution in [2.24, 2.45) is 13.0 Å². The Morgan fingerprint density at radius 3 is 2.26 bits per heavy atom. The number of carbonyl (C=O) groups is 4. The minimum atomic E-state index is -4.69. The van der Waals surface area contributed by atoms with E-state index in [4.69, 9.17) is 0 Å². The molecule has 70 heavy (non-hydrogen) atoms. The summed E-state index contributed by atoms with van der Waals surface area (Å²) in [6, 6.07) is 21.1. The van der Waals surface area contributed by atoms with Gasteiger partial charge in [-0.15, -0.1) is 10.2 Å². The fourth-order valence-corrected chi connectivity index (χ4v) is 10.6. The smallest absolute Gasteiger partial charge is 0.368 e. The Bertz CT molecular complexity index is 3060. The molecule has 0 spiro atoms. The van der Waals surface area contributed by atoms with E-state index in [1.807, 2.05) is 62.5 Å². The van der Waals surface area contributed by atoms with Gasteiger partial charge < -0.3 is 24.2 Å². The molecule has 3 aromatic carbocycles. The number of carbonyl (C=O) groups excluding carboxylic acids is 4. The molecule has 1 N–H and O–H groups in total. The van der Waals surface area contributed by atoms with Crippen molar-refractivity contribution in [2.45, 2.75) is 63.8 Å². The van der Waals surface area contributed by atoms with Gasteiger partial charge in [0.15, 0.2) is 0 Å². The molecule has 16 nitrogen and oxygen atoms in total. The normalized spacial score (nSPS) is 18.7. The number of halogens is 3. The highest BCUT2D eigenvalue weighted by molar-refractivity contribution is 6.05. The molecule has 0 saturated carbocycles. The van der Waals surface area contributed by atoms with E-state index in [0.29, 0.717) is 60.8 Å². The van der Waals surface area contributed by atoms with Crippen LogP contribution in [0, 0.1) is 5.92 Å². The number of aryl methyl sites for hydroxylation is 1. The average Bonchev–Trinajstić information content (AvgIpc) is 4.04. The summed E-state index contributed by atoms with van der Waals surface area (Å²) in [4.78, 5) is 74.7. The first-order valence-electron chi connectivity index (χ1n) is 23.7. The maximum absolute atomic E-state index is 14.6. The van der Waals surface area contributed by atoms with Crippen LogP contribution in [0.5, 0.6) is 0 Å². The summed E-state index contributed by atoms with van der Waals surface area (Å²) >= 11 is 0. The number of piperazine rings is 1. The Morgan fingerprint density at radius 1 is 0.857 bits per heavy atom. The Balaban J connectivity index is 0.719. The third-order valence-electron chi connectivity index (χ3n) is 14.5. The molecule has 4 aliphatic heterocycles. The molecule has 0 unspecified atom stereocenters. The van der Waals surface area contributed by atoms with Gasteiger partial charge in [-0.1, -0.05) is 19.1 Å². The highest BCUT2D eigenvalue weighted by Gasteiger charge is 2.40. The Morgan fingerprint density at radius 2 is 1.57 bits per heavy atom. The van der Waals surface area contributed by atoms with Crippen LogP contribution in [0.25, 0.3) is 11.2 Å². The Kier molecular flexibility index (Phi) is 12.3. The molecule has 10 rings (SSSR count). The van der Waals surface area contributed by atoms with Crippen LogP contribution >= 0.6 is 0 Å². The predicted octanol–water partition coefficient (Wildman–Crippen LogP) is 5.46. The number of hydrogen-bond donors (Lipinski definition) is 1. The zero-order chi connectivity index (χ0) is 49.0. The minimum Gasteiger partial charge on any atom is -0.368 e. The number of rotatable bonds is 11. The molecule has 3 aromatic heterocycles. The Labute approximate surface area is 401 Å². The van der Waals surface area contributed by atoms with Crippen LogP contribution in [-0.4, -0.2) is 121 Å². The maximum atomic E-state index is 14.6. The molecular weight excluding hydrogens is 904 g/mol. The molecule has 3 fully saturated rings. The lowest BCUT2D eigenvalue weighted by atomic mass is 9.95. The van der Waals surface area contributed by atoms with Crippen LogP contribution in [-0.2, 0) is 35.9 Å². The number of piperidine rings is 2. The number of nitrogens with zero attached hydrogens (tertiary/aromatic N) is 10. The molecule has 19 heteroatoms. The molecule has 0 bridgehead atoms. The van der Waals surface area contributed by atoms with Crippen LogP contribution in [0.2, 0.25) is 0 Å². The fourth-order valence-electron chi connectivity index (χ4n) is 10.6. The number of amides is 4. The van der Waals surface area contributed by atoms with Gasteiger partial charge in [-0.3, -0.25) is 38.4 Å². The van der Waals surface area contributed by atoms with Gasteiger partial charge in [0.1, 0.15) is 18.2 Å². The van der Waals surface area contributed by atoms with Crippen molar-refractivity contribution in [2.75, 3.05) is 62.7 Å². The van der Waals surface area contributed by atoms with Gasteiger partial charge in [-0.05, 0) is 116 Å². The van der Waals surface area contributed by atoms with E-state index in [1.165, 1.54) is 17.0 Å². The monoisotopic (exact) mass is 957 g/mol. The number of fused-ring (bicyclic) bond motifs is 2. The highest BCUT2D eigenvalue weighted by Crippen LogP contribution is 2.35. The van der Waals surface area contributed by atoms with Gasteiger partial charge in [-0.2, -0.15) is 13.2 Å². The van der Waals surface area contributed by atoms with Crippen LogP contribution in [0.1, 0.15) is 87.3 Å². The molecule has 4 aliphatic rings. The molecule has 0 radical (unpaired) electrons. The summed E-state index contributed by atoms with van der Waals surface area (Å²) in [6.07, 6.45) is 1.75. The summed E-state index contributed by atoms with van der Waals surface area (Å²) in [6.45, 7) is 7.38. The first-order valence-corrected chi connectivity index (χ1v) is 23.7. The molecule has 0 aliphatic carbocycles. The molecular formula is C51H54F3N11O5. The topological polar surface area (TPSA) is 154 Å². The predicted molar refractivity (Wildman–Crippen MR) is 255 cm³/mol. The van der Waals surface area contributed by atoms with Crippen LogP contribution < -0.4 is 20.8 Å². The zero-order valence-electron chi connectivity index (χ0n) is 39.2. The number of nitrogens with one attached hydrogen (secondary N) is 1. The summed E-state index contributed by atoms with van der Waals surface area (Å²) in [5.41, 5.74) is 4.07. The summed E-state index contributed by atoms with van der Waals surface area (Å²) in [7, 11) is 3.64. The number of likely N-dealkylation sites (tertiary alicyclic amines) is 1. The lowest BCUT2D eigenvalue weighted by molar-refractivity contribution is -0.137. The Hall–Kier alpha value is -7.28. The molecule has 7 heterocycles. The van der Waals surface area contributed by atoms with E-state index in [-0.39, 0.29) is 48.0 Å². The van der Waals surface area contributed by atoms with Gasteiger partial charge >= 0.3 is 11.9 Å². The van der Waals surface area contributed by atoms with Crippen molar-refractivity contribution in [3.05, 3.63) is 141 Å². The van der Waals surface area contributed by atoms with Crippen molar-refractivity contribution in [3.8, 4) is 5.69 Å². The molecule has 3 saturated heterocycles. The van der Waals surface area contributed by atoms with Gasteiger partial charge in [0.2, 0.25) is 11.8 Å². The van der Waals surface area contributed by atoms with Gasteiger partial charge in [0.25, 0.3) is 11.8 Å². The summed E-state index contributed by atoms with van der Waals surface area (Å²) < 4.78 is 48.0. The van der Waals surface area contributed by atoms with Crippen LogP contribution in [0.4, 0.5) is 24.5 Å². The second-order valence-corrected chi connectivity index (χ2v) is 19.1. The zero-order valence-corrected chi connectivity index (χ0v) is 39.2. The van der Waals surface area contributed by atoms with Crippen molar-refractivity contribution in [3.63, 3.8) is 0 Å². The lowest BCUT2D eigenvalue weighted by Crippen LogP contribution is -2.52. The first kappa shape index (κ1) is 46.4. The van der Waals surface area contributed by atoms with Crippen LogP contribution in [0.15, 0.2) is 96.3 Å². The summed E-state index contributed by atoms with van der Waals surface area (Å²) in [5.74, 6) is -0.250. The number of alkyl halides is 3. The van der Waals surface area contributed by atoms with Crippen molar-refractivity contribution < 1.29 is 32.3 Å². The largest absolute Gasteiger partial charge is 0.418 e. The van der Waals surface area contributed by atoms with E-state index >= 15 is 0 Å². The number of imide groups is 1. The fraction of sp³-hybridized carbons (Fsp3) is 0.392. The molecule has 4 amide bonds. The third kappa shape index (κ3) is 9.05. The number of hydrogen-bond acceptors (Lipinski definition) is 10. The highest BCUT2D eigenvalue weighted by atomic mass is 19.4. The number of benzene rings is 3. The standard InChI is InChI=1S/C51H54F3N11O5/c1-32(46-57-55-31-59(46)3)36-5-4-6-40(24-36)63-30-44-42(51(52,53)54)23-34(28-65(44)50(63)70)27-60-17-15-33(16-18-60)26-58(2)48(68)35-7-9-38(10-8-35)61-19-21-62(22-20-61)39-11-12-41-37(25-39)29-64(49(41)69)43-13-14-45(66)56-47(43)67/h4-12,23-25,28,30-33,43H,13-22,26-27,29H2,1-3H3,(H,56,66,67)/t32-,43+/m1/s1. The van der Waals surface area contributed by atoms with Gasteiger partial charge in [-0.25, -0.2) is 4.79 Å². The van der Waals surface area contributed by atoms with Crippen LogP contribution in [0.3, 0.4) is 0 Å². The molecule has 6 aromatic rings. The second-order valence-electron chi connectivity index (χ2n) is 19.1. The van der Waals surface area contributed by atoms with E-state index < -0.39 is 29.4 Å². The van der Waals surface area contributed by atoms with E-state index in [2.05, 4.69) is 30.2 Å². The minimum absolute atomic E-state index is 0.0814. The van der Waals surface area contributed by atoms with Crippen molar-refractivity contribution in [1.29, 1.82) is 0 Å².